The van der Waals surface area contributed by atoms with E-state index in [0.29, 0.717) is 0 Å². The lowest BCUT2D eigenvalue weighted by atomic mass is 10.2. The van der Waals surface area contributed by atoms with Gasteiger partial charge in [0.2, 0.25) is 0 Å². The molecule has 0 unspecified atom stereocenters. The van der Waals surface area contributed by atoms with Crippen molar-refractivity contribution in [3.05, 3.63) is 52.8 Å². The molecule has 6 nitrogen and oxygen atoms in total. The van der Waals surface area contributed by atoms with Gasteiger partial charge in [0.25, 0.3) is 5.91 Å². The van der Waals surface area contributed by atoms with Crippen molar-refractivity contribution in [2.24, 2.45) is 0 Å². The standard InChI is InChI=1S/C17H16ClFN2O4/c1-9(16(22)21-14-6-4-3-5-12(14)19)25-17(23)10-7-11(18)13(20)8-15(10)24-2/h3-9H,20H2,1-2H3,(H,21,22)/t9-/m1/s1. The molecule has 0 radical (unpaired) electrons. The summed E-state index contributed by atoms with van der Waals surface area (Å²) in [5.74, 6) is -1.94. The normalized spacial score (nSPS) is 11.5. The Bertz CT molecular complexity index is 813. The molecule has 2 aromatic rings. The quantitative estimate of drug-likeness (QED) is 0.626. The minimum Gasteiger partial charge on any atom is -0.496 e. The number of hydrogen-bond acceptors (Lipinski definition) is 5. The Labute approximate surface area is 148 Å². The van der Waals surface area contributed by atoms with Crippen LogP contribution in [0.2, 0.25) is 5.02 Å². The lowest BCUT2D eigenvalue weighted by Gasteiger charge is -2.15. The van der Waals surface area contributed by atoms with Gasteiger partial charge in [-0.1, -0.05) is 23.7 Å². The van der Waals surface area contributed by atoms with Gasteiger partial charge in [0, 0.05) is 6.07 Å². The van der Waals surface area contributed by atoms with Crippen LogP contribution >= 0.6 is 11.6 Å². The minimum atomic E-state index is -1.17. The van der Waals surface area contributed by atoms with Crippen LogP contribution in [0.4, 0.5) is 15.8 Å². The van der Waals surface area contributed by atoms with E-state index in [0.717, 1.165) is 0 Å². The smallest absolute Gasteiger partial charge is 0.342 e. The van der Waals surface area contributed by atoms with E-state index in [4.69, 9.17) is 26.8 Å². The Morgan fingerprint density at radius 2 is 1.96 bits per heavy atom. The van der Waals surface area contributed by atoms with E-state index in [2.05, 4.69) is 5.32 Å². The van der Waals surface area contributed by atoms with Crippen molar-refractivity contribution in [3.8, 4) is 5.75 Å². The van der Waals surface area contributed by atoms with Crippen LogP contribution in [0.1, 0.15) is 17.3 Å². The summed E-state index contributed by atoms with van der Waals surface area (Å²) in [5.41, 5.74) is 5.90. The first kappa shape index (κ1) is 18.5. The largest absolute Gasteiger partial charge is 0.496 e. The van der Waals surface area contributed by atoms with E-state index in [1.807, 2.05) is 0 Å². The highest BCUT2D eigenvalue weighted by Gasteiger charge is 2.23. The van der Waals surface area contributed by atoms with Crippen LogP contribution < -0.4 is 15.8 Å². The number of para-hydroxylation sites is 1. The van der Waals surface area contributed by atoms with Crippen molar-refractivity contribution in [2.75, 3.05) is 18.2 Å². The molecule has 0 bridgehead atoms. The average Bonchev–Trinajstić information content (AvgIpc) is 2.58. The zero-order valence-corrected chi connectivity index (χ0v) is 14.3. The van der Waals surface area contributed by atoms with Gasteiger partial charge in [0.1, 0.15) is 17.1 Å². The van der Waals surface area contributed by atoms with Gasteiger partial charge in [0.05, 0.1) is 23.5 Å². The predicted molar refractivity (Wildman–Crippen MR) is 92.3 cm³/mol. The third-order valence-electron chi connectivity index (χ3n) is 3.32. The van der Waals surface area contributed by atoms with Crippen molar-refractivity contribution in [1.82, 2.24) is 0 Å². The Kier molecular flexibility index (Phi) is 5.82. The molecule has 3 N–H and O–H groups in total. The number of anilines is 2. The van der Waals surface area contributed by atoms with Crippen LogP contribution in [0.3, 0.4) is 0 Å². The molecule has 2 aromatic carbocycles. The maximum Gasteiger partial charge on any atom is 0.342 e. The summed E-state index contributed by atoms with van der Waals surface area (Å²) in [5, 5.41) is 2.50. The molecule has 0 aliphatic heterocycles. The first-order valence-corrected chi connectivity index (χ1v) is 7.60. The third kappa shape index (κ3) is 4.39. The van der Waals surface area contributed by atoms with Crippen molar-refractivity contribution in [2.45, 2.75) is 13.0 Å². The number of esters is 1. The van der Waals surface area contributed by atoms with Crippen LogP contribution in [-0.2, 0) is 9.53 Å². The highest BCUT2D eigenvalue weighted by atomic mass is 35.5. The topological polar surface area (TPSA) is 90.7 Å². The lowest BCUT2D eigenvalue weighted by molar-refractivity contribution is -0.123. The summed E-state index contributed by atoms with van der Waals surface area (Å²) in [6.45, 7) is 1.36. The van der Waals surface area contributed by atoms with E-state index >= 15 is 0 Å². The van der Waals surface area contributed by atoms with Gasteiger partial charge in [-0.2, -0.15) is 0 Å². The predicted octanol–water partition coefficient (Wildman–Crippen LogP) is 3.25. The summed E-state index contributed by atoms with van der Waals surface area (Å²) in [4.78, 5) is 24.3. The molecule has 0 saturated carbocycles. The number of methoxy groups -OCH3 is 1. The first-order chi connectivity index (χ1) is 11.8. The molecule has 2 rings (SSSR count). The molecule has 0 aliphatic rings. The molecule has 1 amide bonds. The van der Waals surface area contributed by atoms with Crippen molar-refractivity contribution in [1.29, 1.82) is 0 Å². The second kappa shape index (κ2) is 7.85. The van der Waals surface area contributed by atoms with Crippen LogP contribution in [0.15, 0.2) is 36.4 Å². The highest BCUT2D eigenvalue weighted by Crippen LogP contribution is 2.29. The molecule has 0 fully saturated rings. The second-order valence-electron chi connectivity index (χ2n) is 5.09. The van der Waals surface area contributed by atoms with E-state index in [-0.39, 0.29) is 27.7 Å². The number of nitrogen functional groups attached to an aromatic ring is 1. The Morgan fingerprint density at radius 1 is 1.28 bits per heavy atom. The van der Waals surface area contributed by atoms with Crippen LogP contribution in [-0.4, -0.2) is 25.1 Å². The van der Waals surface area contributed by atoms with Gasteiger partial charge in [-0.05, 0) is 25.1 Å². The number of ether oxygens (including phenoxy) is 2. The van der Waals surface area contributed by atoms with Gasteiger partial charge in [-0.3, -0.25) is 4.79 Å². The molecule has 0 aromatic heterocycles. The summed E-state index contributed by atoms with van der Waals surface area (Å²) >= 11 is 5.90. The number of halogens is 2. The van der Waals surface area contributed by atoms with Crippen molar-refractivity contribution in [3.63, 3.8) is 0 Å². The fourth-order valence-electron chi connectivity index (χ4n) is 1.97. The third-order valence-corrected chi connectivity index (χ3v) is 3.65. The molecule has 1 atom stereocenters. The second-order valence-corrected chi connectivity index (χ2v) is 5.50. The maximum atomic E-state index is 13.6. The number of carbonyl (C=O) groups is 2. The zero-order chi connectivity index (χ0) is 18.6. The summed E-state index contributed by atoms with van der Waals surface area (Å²) in [6, 6.07) is 8.32. The molecular formula is C17H16ClFN2O4. The minimum absolute atomic E-state index is 0.0106. The SMILES string of the molecule is COc1cc(N)c(Cl)cc1C(=O)O[C@H](C)C(=O)Nc1ccccc1F. The summed E-state index contributed by atoms with van der Waals surface area (Å²) in [6.07, 6.45) is -1.17. The fourth-order valence-corrected chi connectivity index (χ4v) is 2.14. The number of amides is 1. The molecule has 0 spiro atoms. The molecule has 0 saturated heterocycles. The average molecular weight is 367 g/mol. The molecule has 132 valence electrons. The number of hydrogen-bond donors (Lipinski definition) is 2. The summed E-state index contributed by atoms with van der Waals surface area (Å²) < 4.78 is 23.7. The fraction of sp³-hybridized carbons (Fsp3) is 0.176. The van der Waals surface area contributed by atoms with Crippen LogP contribution in [0.5, 0.6) is 5.75 Å². The van der Waals surface area contributed by atoms with Crippen LogP contribution in [0, 0.1) is 5.82 Å². The van der Waals surface area contributed by atoms with E-state index in [1.54, 1.807) is 6.07 Å². The van der Waals surface area contributed by atoms with Crippen LogP contribution in [0.25, 0.3) is 0 Å². The lowest BCUT2D eigenvalue weighted by Crippen LogP contribution is -2.30. The molecule has 25 heavy (non-hydrogen) atoms. The van der Waals surface area contributed by atoms with Gasteiger partial charge < -0.3 is 20.5 Å². The molecule has 8 heteroatoms. The van der Waals surface area contributed by atoms with Gasteiger partial charge >= 0.3 is 5.97 Å². The number of benzene rings is 2. The van der Waals surface area contributed by atoms with Crippen molar-refractivity contribution >= 4 is 34.9 Å². The zero-order valence-electron chi connectivity index (χ0n) is 13.5. The Balaban J connectivity index is 2.11. The molecular weight excluding hydrogens is 351 g/mol. The van der Waals surface area contributed by atoms with Crippen molar-refractivity contribution < 1.29 is 23.5 Å². The Morgan fingerprint density at radius 3 is 2.60 bits per heavy atom. The monoisotopic (exact) mass is 366 g/mol. The summed E-state index contributed by atoms with van der Waals surface area (Å²) in [7, 11) is 1.35. The highest BCUT2D eigenvalue weighted by molar-refractivity contribution is 6.33. The number of nitrogens with two attached hydrogens (primary N) is 1. The van der Waals surface area contributed by atoms with E-state index < -0.39 is 23.8 Å². The maximum absolute atomic E-state index is 13.6. The van der Waals surface area contributed by atoms with E-state index in [9.17, 15) is 14.0 Å². The van der Waals surface area contributed by atoms with Gasteiger partial charge in [0.15, 0.2) is 6.10 Å². The number of nitrogens with one attached hydrogen (secondary N) is 1. The Hall–Kier alpha value is -2.80. The van der Waals surface area contributed by atoms with Gasteiger partial charge in [-0.25, -0.2) is 9.18 Å². The first-order valence-electron chi connectivity index (χ1n) is 7.23. The molecule has 0 aliphatic carbocycles. The number of carbonyl (C=O) groups excluding carboxylic acids is 2. The van der Waals surface area contributed by atoms with Gasteiger partial charge in [-0.15, -0.1) is 0 Å². The van der Waals surface area contributed by atoms with E-state index in [1.165, 1.54) is 44.4 Å². The molecule has 0 heterocycles. The number of rotatable bonds is 5.